The van der Waals surface area contributed by atoms with Gasteiger partial charge in [-0.2, -0.15) is 0 Å². The predicted molar refractivity (Wildman–Crippen MR) is 29.8 cm³/mol. The average molecular weight is 131 g/mol. The molecule has 0 unspecified atom stereocenters. The van der Waals surface area contributed by atoms with Gasteiger partial charge in [-0.15, -0.1) is 0 Å². The maximum absolute atomic E-state index is 10.4. The van der Waals surface area contributed by atoms with Crippen LogP contribution in [0.1, 0.15) is 0 Å². The summed E-state index contributed by atoms with van der Waals surface area (Å²) in [4.78, 5) is 10.4. The molecule has 0 saturated carbocycles. The van der Waals surface area contributed by atoms with Crippen molar-refractivity contribution >= 4 is 5.97 Å². The fourth-order valence-electron chi connectivity index (χ4n) is 0.516. The van der Waals surface area contributed by atoms with Crippen molar-refractivity contribution < 1.29 is 14.3 Å². The number of esters is 1. The smallest absolute Gasteiger partial charge is 0.320 e. The Hall–Kier alpha value is -0.610. The van der Waals surface area contributed by atoms with Crippen LogP contribution >= 0.6 is 0 Å². The number of hydrogen-bond donors (Lipinski definition) is 1. The van der Waals surface area contributed by atoms with E-state index < -0.39 is 0 Å². The van der Waals surface area contributed by atoms with Crippen molar-refractivity contribution in [2.75, 3.05) is 19.8 Å². The third-order valence-electron chi connectivity index (χ3n) is 1.07. The van der Waals surface area contributed by atoms with Crippen molar-refractivity contribution in [3.8, 4) is 0 Å². The first kappa shape index (κ1) is 6.51. The van der Waals surface area contributed by atoms with Crippen LogP contribution in [0.5, 0.6) is 0 Å². The molecular formula is C5H9NO3. The van der Waals surface area contributed by atoms with Gasteiger partial charge in [0.15, 0.2) is 0 Å². The monoisotopic (exact) mass is 131 g/mol. The number of carbonyl (C=O) groups is 1. The highest BCUT2D eigenvalue weighted by molar-refractivity contribution is 5.71. The first-order chi connectivity index (χ1) is 4.33. The molecule has 0 spiro atoms. The molecule has 1 saturated heterocycles. The zero-order valence-corrected chi connectivity index (χ0v) is 5.00. The molecule has 1 heterocycles. The Morgan fingerprint density at radius 2 is 2.44 bits per heavy atom. The number of carbonyl (C=O) groups excluding carboxylic acids is 1. The Morgan fingerprint density at radius 1 is 1.78 bits per heavy atom. The number of hydrogen-bond acceptors (Lipinski definition) is 4. The Labute approximate surface area is 52.9 Å². The van der Waals surface area contributed by atoms with E-state index >= 15 is 0 Å². The summed E-state index contributed by atoms with van der Waals surface area (Å²) in [7, 11) is 0. The predicted octanol–water partition coefficient (Wildman–Crippen LogP) is -1.11. The van der Waals surface area contributed by atoms with Crippen LogP contribution in [0.4, 0.5) is 0 Å². The highest BCUT2D eigenvalue weighted by Crippen LogP contribution is 2.04. The van der Waals surface area contributed by atoms with Gasteiger partial charge in [0, 0.05) is 0 Å². The van der Waals surface area contributed by atoms with Crippen LogP contribution < -0.4 is 5.73 Å². The van der Waals surface area contributed by atoms with Crippen molar-refractivity contribution in [3.05, 3.63) is 0 Å². The molecule has 1 aliphatic rings. The molecule has 0 amide bonds. The minimum Gasteiger partial charge on any atom is -0.456 e. The number of ether oxygens (including phenoxy) is 2. The maximum atomic E-state index is 10.4. The molecule has 4 heteroatoms. The first-order valence-corrected chi connectivity index (χ1v) is 2.80. The van der Waals surface area contributed by atoms with E-state index in [4.69, 9.17) is 15.2 Å². The Bertz CT molecular complexity index is 111. The normalized spacial score (nSPS) is 18.8. The lowest BCUT2D eigenvalue weighted by atomic mass is 10.3. The molecule has 4 nitrogen and oxygen atoms in total. The molecule has 9 heavy (non-hydrogen) atoms. The lowest BCUT2D eigenvalue weighted by Gasteiger charge is -2.25. The maximum Gasteiger partial charge on any atom is 0.320 e. The molecule has 0 aliphatic carbocycles. The summed E-state index contributed by atoms with van der Waals surface area (Å²) in [6.07, 6.45) is -0.0407. The van der Waals surface area contributed by atoms with Gasteiger partial charge in [-0.25, -0.2) is 0 Å². The fourth-order valence-corrected chi connectivity index (χ4v) is 0.516. The Morgan fingerprint density at radius 3 is 2.78 bits per heavy atom. The van der Waals surface area contributed by atoms with Crippen LogP contribution in [0.25, 0.3) is 0 Å². The molecule has 0 atom stereocenters. The summed E-state index contributed by atoms with van der Waals surface area (Å²) < 4.78 is 9.51. The molecule has 0 aromatic rings. The van der Waals surface area contributed by atoms with Crippen molar-refractivity contribution in [2.24, 2.45) is 5.73 Å². The van der Waals surface area contributed by atoms with Gasteiger partial charge in [0.1, 0.15) is 6.10 Å². The molecule has 52 valence electrons. The van der Waals surface area contributed by atoms with Gasteiger partial charge in [-0.3, -0.25) is 4.79 Å². The van der Waals surface area contributed by atoms with Gasteiger partial charge in [0.25, 0.3) is 0 Å². The van der Waals surface area contributed by atoms with Gasteiger partial charge >= 0.3 is 5.97 Å². The van der Waals surface area contributed by atoms with Gasteiger partial charge in [0.05, 0.1) is 19.8 Å². The third-order valence-corrected chi connectivity index (χ3v) is 1.07. The van der Waals surface area contributed by atoms with Crippen molar-refractivity contribution in [1.82, 2.24) is 0 Å². The quantitative estimate of drug-likeness (QED) is 0.482. The summed E-state index contributed by atoms with van der Waals surface area (Å²) in [6, 6.07) is 0. The van der Waals surface area contributed by atoms with E-state index in [1.807, 2.05) is 0 Å². The van der Waals surface area contributed by atoms with E-state index in [-0.39, 0.29) is 18.6 Å². The molecule has 1 aliphatic heterocycles. The second-order valence-electron chi connectivity index (χ2n) is 1.85. The highest BCUT2D eigenvalue weighted by atomic mass is 16.6. The molecule has 1 fully saturated rings. The van der Waals surface area contributed by atoms with Crippen LogP contribution in [0, 0.1) is 0 Å². The topological polar surface area (TPSA) is 61.6 Å². The SMILES string of the molecule is NCC(=O)OC1COC1. The summed E-state index contributed by atoms with van der Waals surface area (Å²) in [5, 5.41) is 0. The zero-order valence-electron chi connectivity index (χ0n) is 5.00. The van der Waals surface area contributed by atoms with Crippen molar-refractivity contribution in [1.29, 1.82) is 0 Å². The minimum atomic E-state index is -0.358. The second kappa shape index (κ2) is 2.80. The summed E-state index contributed by atoms with van der Waals surface area (Å²) >= 11 is 0. The van der Waals surface area contributed by atoms with Gasteiger partial charge < -0.3 is 15.2 Å². The molecule has 0 bridgehead atoms. The van der Waals surface area contributed by atoms with E-state index in [0.29, 0.717) is 13.2 Å². The molecule has 0 aromatic carbocycles. The standard InChI is InChI=1S/C5H9NO3/c6-1-5(7)9-4-2-8-3-4/h4H,1-3,6H2. The molecule has 0 radical (unpaired) electrons. The van der Waals surface area contributed by atoms with Gasteiger partial charge in [-0.05, 0) is 0 Å². The average Bonchev–Trinajstić information content (AvgIpc) is 1.78. The van der Waals surface area contributed by atoms with Gasteiger partial charge in [0.2, 0.25) is 0 Å². The van der Waals surface area contributed by atoms with E-state index in [1.165, 1.54) is 0 Å². The molecule has 0 aromatic heterocycles. The van der Waals surface area contributed by atoms with E-state index in [9.17, 15) is 4.79 Å². The Kier molecular flexibility index (Phi) is 2.02. The van der Waals surface area contributed by atoms with E-state index in [0.717, 1.165) is 0 Å². The number of nitrogens with two attached hydrogens (primary N) is 1. The van der Waals surface area contributed by atoms with Crippen LogP contribution in [0.15, 0.2) is 0 Å². The van der Waals surface area contributed by atoms with Crippen LogP contribution in [0.3, 0.4) is 0 Å². The third kappa shape index (κ3) is 1.65. The zero-order chi connectivity index (χ0) is 6.69. The minimum absolute atomic E-state index is 0.0407. The second-order valence-corrected chi connectivity index (χ2v) is 1.85. The van der Waals surface area contributed by atoms with Crippen molar-refractivity contribution in [3.63, 3.8) is 0 Å². The van der Waals surface area contributed by atoms with E-state index in [2.05, 4.69) is 0 Å². The fraction of sp³-hybridized carbons (Fsp3) is 0.800. The Balaban J connectivity index is 2.09. The summed E-state index contributed by atoms with van der Waals surface area (Å²) in [5.41, 5.74) is 4.98. The van der Waals surface area contributed by atoms with Crippen molar-refractivity contribution in [2.45, 2.75) is 6.10 Å². The lowest BCUT2D eigenvalue weighted by molar-refractivity contribution is -0.170. The molecule has 2 N–H and O–H groups in total. The van der Waals surface area contributed by atoms with Crippen LogP contribution in [-0.4, -0.2) is 31.8 Å². The van der Waals surface area contributed by atoms with Gasteiger partial charge in [-0.1, -0.05) is 0 Å². The highest BCUT2D eigenvalue weighted by Gasteiger charge is 2.21. The summed E-state index contributed by atoms with van der Waals surface area (Å²) in [6.45, 7) is 0.994. The lowest BCUT2D eigenvalue weighted by Crippen LogP contribution is -2.39. The van der Waals surface area contributed by atoms with Crippen LogP contribution in [0.2, 0.25) is 0 Å². The largest absolute Gasteiger partial charge is 0.456 e. The summed E-state index contributed by atoms with van der Waals surface area (Å²) in [5.74, 6) is -0.358. The first-order valence-electron chi connectivity index (χ1n) is 2.80. The van der Waals surface area contributed by atoms with E-state index in [1.54, 1.807) is 0 Å². The molecular weight excluding hydrogens is 122 g/mol. The van der Waals surface area contributed by atoms with Crippen LogP contribution in [-0.2, 0) is 14.3 Å². The number of rotatable bonds is 2. The molecule has 1 rings (SSSR count).